The van der Waals surface area contributed by atoms with Crippen molar-refractivity contribution in [3.63, 3.8) is 0 Å². The number of nitrogens with zero attached hydrogens (tertiary/aromatic N) is 1. The van der Waals surface area contributed by atoms with Crippen LogP contribution >= 0.6 is 12.2 Å². The van der Waals surface area contributed by atoms with Crippen LogP contribution in [0.2, 0.25) is 0 Å². The van der Waals surface area contributed by atoms with E-state index in [0.29, 0.717) is 28.4 Å². The third-order valence-corrected chi connectivity index (χ3v) is 5.83. The second-order valence-corrected chi connectivity index (χ2v) is 8.75. The van der Waals surface area contributed by atoms with E-state index in [1.165, 1.54) is 17.9 Å². The molecule has 0 atom stereocenters. The van der Waals surface area contributed by atoms with Crippen molar-refractivity contribution < 1.29 is 23.9 Å². The maximum absolute atomic E-state index is 13.3. The summed E-state index contributed by atoms with van der Waals surface area (Å²) in [5.74, 6) is -0.0274. The number of methoxy groups -OCH3 is 1. The highest BCUT2D eigenvalue weighted by atomic mass is 32.1. The minimum Gasteiger partial charge on any atom is -0.496 e. The Hall–Kier alpha value is -4.50. The van der Waals surface area contributed by atoms with Crippen LogP contribution in [0.5, 0.6) is 11.5 Å². The van der Waals surface area contributed by atoms with Gasteiger partial charge in [-0.25, -0.2) is 0 Å². The zero-order chi connectivity index (χ0) is 26.5. The van der Waals surface area contributed by atoms with Crippen LogP contribution in [0.4, 0.5) is 11.4 Å². The molecule has 1 aliphatic rings. The molecule has 0 unspecified atom stereocenters. The number of thiocarbonyl (C=S) groups is 1. The Morgan fingerprint density at radius 2 is 1.84 bits per heavy atom. The molecular weight excluding hydrogens is 490 g/mol. The number of anilines is 2. The second-order valence-electron chi connectivity index (χ2n) is 8.36. The van der Waals surface area contributed by atoms with Gasteiger partial charge in [-0.15, -0.1) is 0 Å². The van der Waals surface area contributed by atoms with Crippen LogP contribution < -0.4 is 25.0 Å². The van der Waals surface area contributed by atoms with E-state index in [1.807, 2.05) is 25.1 Å². The van der Waals surface area contributed by atoms with Gasteiger partial charge < -0.3 is 14.8 Å². The number of amides is 3. The Balaban J connectivity index is 1.57. The minimum atomic E-state index is -0.563. The van der Waals surface area contributed by atoms with Crippen LogP contribution in [-0.4, -0.2) is 29.9 Å². The summed E-state index contributed by atoms with van der Waals surface area (Å²) in [6.07, 6.45) is 1.52. The van der Waals surface area contributed by atoms with Gasteiger partial charge in [0.25, 0.3) is 11.8 Å². The molecule has 0 radical (unpaired) electrons. The van der Waals surface area contributed by atoms with Crippen LogP contribution in [0, 0.1) is 6.92 Å². The molecule has 1 saturated heterocycles. The van der Waals surface area contributed by atoms with Crippen molar-refractivity contribution in [2.45, 2.75) is 20.5 Å². The van der Waals surface area contributed by atoms with Gasteiger partial charge in [-0.2, -0.15) is 0 Å². The number of hydrogen-bond donors (Lipinski definition) is 2. The average molecular weight is 516 g/mol. The predicted octanol–water partition coefficient (Wildman–Crippen LogP) is 4.37. The van der Waals surface area contributed by atoms with E-state index in [4.69, 9.17) is 21.7 Å². The SMILES string of the molecule is COc1ccc(/C=C2/C(=O)NC(=S)N(c3cccc(C)c3)C2=O)cc1COc1ccc(NC(C)=O)cc1. The molecule has 1 aliphatic heterocycles. The molecule has 3 aromatic rings. The zero-order valence-electron chi connectivity index (χ0n) is 20.5. The quantitative estimate of drug-likeness (QED) is 0.276. The molecule has 9 heteroatoms. The lowest BCUT2D eigenvalue weighted by molar-refractivity contribution is -0.122. The maximum atomic E-state index is 13.3. The molecule has 2 N–H and O–H groups in total. The number of hydrogen-bond acceptors (Lipinski definition) is 6. The number of aryl methyl sites for hydroxylation is 1. The molecule has 0 saturated carbocycles. The summed E-state index contributed by atoms with van der Waals surface area (Å²) < 4.78 is 11.4. The molecule has 37 heavy (non-hydrogen) atoms. The average Bonchev–Trinajstić information content (AvgIpc) is 2.86. The number of nitrogens with one attached hydrogen (secondary N) is 2. The number of carbonyl (C=O) groups excluding carboxylic acids is 3. The van der Waals surface area contributed by atoms with Gasteiger partial charge in [-0.3, -0.25) is 24.6 Å². The molecule has 0 spiro atoms. The topological polar surface area (TPSA) is 97.0 Å². The molecule has 8 nitrogen and oxygen atoms in total. The monoisotopic (exact) mass is 515 g/mol. The van der Waals surface area contributed by atoms with Gasteiger partial charge in [0.05, 0.1) is 12.8 Å². The van der Waals surface area contributed by atoms with Crippen molar-refractivity contribution in [1.29, 1.82) is 0 Å². The Morgan fingerprint density at radius 3 is 2.51 bits per heavy atom. The highest BCUT2D eigenvalue weighted by Crippen LogP contribution is 2.26. The number of benzene rings is 3. The zero-order valence-corrected chi connectivity index (χ0v) is 21.3. The van der Waals surface area contributed by atoms with Crippen LogP contribution in [0.25, 0.3) is 6.08 Å². The Bertz CT molecular complexity index is 1420. The summed E-state index contributed by atoms with van der Waals surface area (Å²) in [5, 5.41) is 5.34. The van der Waals surface area contributed by atoms with Crippen molar-refractivity contribution >= 4 is 52.5 Å². The molecular formula is C28H25N3O5S. The van der Waals surface area contributed by atoms with Gasteiger partial charge in [0.2, 0.25) is 5.91 Å². The lowest BCUT2D eigenvalue weighted by Crippen LogP contribution is -2.54. The molecule has 1 fully saturated rings. The first-order valence-electron chi connectivity index (χ1n) is 11.4. The van der Waals surface area contributed by atoms with Crippen molar-refractivity contribution in [2.75, 3.05) is 17.3 Å². The first kappa shape index (κ1) is 25.6. The minimum absolute atomic E-state index is 0.0334. The largest absolute Gasteiger partial charge is 0.496 e. The Labute approximate surface area is 219 Å². The molecule has 0 bridgehead atoms. The third kappa shape index (κ3) is 6.02. The first-order chi connectivity index (χ1) is 17.7. The molecule has 0 aromatic heterocycles. The van der Waals surface area contributed by atoms with E-state index in [-0.39, 0.29) is 23.2 Å². The van der Waals surface area contributed by atoms with Crippen LogP contribution in [0.3, 0.4) is 0 Å². The first-order valence-corrected chi connectivity index (χ1v) is 11.8. The van der Waals surface area contributed by atoms with Gasteiger partial charge in [0.1, 0.15) is 23.7 Å². The summed E-state index contributed by atoms with van der Waals surface area (Å²) in [5.41, 5.74) is 3.50. The van der Waals surface area contributed by atoms with Crippen molar-refractivity contribution in [1.82, 2.24) is 5.32 Å². The van der Waals surface area contributed by atoms with Crippen molar-refractivity contribution in [3.05, 3.63) is 89.0 Å². The molecule has 1 heterocycles. The summed E-state index contributed by atoms with van der Waals surface area (Å²) in [4.78, 5) is 38.5. The number of ether oxygens (including phenoxy) is 2. The standard InChI is InChI=1S/C28H25N3O5S/c1-17-5-4-6-22(13-17)31-27(34)24(26(33)30-28(31)37)15-19-7-12-25(35-3)20(14-19)16-36-23-10-8-21(9-11-23)29-18(2)32/h4-15H,16H2,1-3H3,(H,29,32)(H,30,33,37)/b24-15-. The lowest BCUT2D eigenvalue weighted by Gasteiger charge is -2.29. The highest BCUT2D eigenvalue weighted by molar-refractivity contribution is 7.80. The number of rotatable bonds is 7. The molecule has 188 valence electrons. The maximum Gasteiger partial charge on any atom is 0.270 e. The fourth-order valence-corrected chi connectivity index (χ4v) is 4.11. The van der Waals surface area contributed by atoms with E-state index < -0.39 is 11.8 Å². The third-order valence-electron chi connectivity index (χ3n) is 5.55. The lowest BCUT2D eigenvalue weighted by atomic mass is 10.0. The van der Waals surface area contributed by atoms with Crippen LogP contribution in [0.15, 0.2) is 72.3 Å². The van der Waals surface area contributed by atoms with Gasteiger partial charge in [0.15, 0.2) is 5.11 Å². The second kappa shape index (κ2) is 11.0. The fraction of sp³-hybridized carbons (Fsp3) is 0.143. The molecule has 3 aromatic carbocycles. The predicted molar refractivity (Wildman–Crippen MR) is 145 cm³/mol. The Morgan fingerprint density at radius 1 is 1.08 bits per heavy atom. The van der Waals surface area contributed by atoms with E-state index in [2.05, 4.69) is 10.6 Å². The summed E-state index contributed by atoms with van der Waals surface area (Å²) in [6, 6.07) is 19.6. The fourth-order valence-electron chi connectivity index (χ4n) is 3.83. The van der Waals surface area contributed by atoms with Gasteiger partial charge in [-0.1, -0.05) is 18.2 Å². The molecule has 4 rings (SSSR count). The summed E-state index contributed by atoms with van der Waals surface area (Å²) in [7, 11) is 1.55. The van der Waals surface area contributed by atoms with Crippen LogP contribution in [0.1, 0.15) is 23.6 Å². The van der Waals surface area contributed by atoms with Gasteiger partial charge in [0, 0.05) is 18.2 Å². The summed E-state index contributed by atoms with van der Waals surface area (Å²) in [6.45, 7) is 3.53. The molecule has 0 aliphatic carbocycles. The van der Waals surface area contributed by atoms with Crippen LogP contribution in [-0.2, 0) is 21.0 Å². The summed E-state index contributed by atoms with van der Waals surface area (Å²) >= 11 is 5.28. The Kier molecular flexibility index (Phi) is 7.64. The van der Waals surface area contributed by atoms with E-state index in [9.17, 15) is 14.4 Å². The van der Waals surface area contributed by atoms with E-state index >= 15 is 0 Å². The van der Waals surface area contributed by atoms with E-state index in [1.54, 1.807) is 55.6 Å². The van der Waals surface area contributed by atoms with E-state index in [0.717, 1.165) is 11.1 Å². The number of carbonyl (C=O) groups is 3. The van der Waals surface area contributed by atoms with Gasteiger partial charge in [-0.05, 0) is 84.9 Å². The molecule has 3 amide bonds. The van der Waals surface area contributed by atoms with Gasteiger partial charge >= 0.3 is 0 Å². The normalized spacial score (nSPS) is 14.4. The smallest absolute Gasteiger partial charge is 0.270 e. The highest BCUT2D eigenvalue weighted by Gasteiger charge is 2.34. The van der Waals surface area contributed by atoms with Crippen molar-refractivity contribution in [2.24, 2.45) is 0 Å². The van der Waals surface area contributed by atoms with Crippen molar-refractivity contribution in [3.8, 4) is 11.5 Å².